The van der Waals surface area contributed by atoms with Crippen LogP contribution in [-0.4, -0.2) is 6.36 Å². The Morgan fingerprint density at radius 2 is 1.60 bits per heavy atom. The second kappa shape index (κ2) is 2.85. The van der Waals surface area contributed by atoms with Crippen LogP contribution in [0.25, 0.3) is 0 Å². The van der Waals surface area contributed by atoms with Crippen molar-refractivity contribution in [1.82, 2.24) is 0 Å². The molecule has 6 heteroatoms. The van der Waals surface area contributed by atoms with Crippen molar-refractivity contribution >= 4 is 0 Å². The van der Waals surface area contributed by atoms with Gasteiger partial charge in [0.05, 0.1) is 0 Å². The van der Waals surface area contributed by atoms with Crippen molar-refractivity contribution < 1.29 is 26.7 Å². The van der Waals surface area contributed by atoms with E-state index in [1.807, 2.05) is 0 Å². The third-order valence-corrected chi connectivity index (χ3v) is 0.476. The third kappa shape index (κ3) is 4.11. The zero-order valence-electron chi connectivity index (χ0n) is 4.80. The van der Waals surface area contributed by atoms with E-state index in [-0.39, 0.29) is 0 Å². The van der Waals surface area contributed by atoms with E-state index < -0.39 is 18.2 Å². The standard InChI is InChI=1S/C4H3F5O/c1-2(5)3(6)10-4(7,8)9/h1H3/b3-2-. The molecule has 0 rings (SSSR count). The van der Waals surface area contributed by atoms with Crippen molar-refractivity contribution in [3.8, 4) is 0 Å². The van der Waals surface area contributed by atoms with Gasteiger partial charge >= 0.3 is 12.4 Å². The third-order valence-electron chi connectivity index (χ3n) is 0.476. The topological polar surface area (TPSA) is 9.23 Å². The molecule has 0 spiro atoms. The summed E-state index contributed by atoms with van der Waals surface area (Å²) in [6, 6.07) is -2.26. The minimum absolute atomic E-state index is 0.515. The van der Waals surface area contributed by atoms with E-state index in [2.05, 4.69) is 4.74 Å². The summed E-state index contributed by atoms with van der Waals surface area (Å²) in [4.78, 5) is 0. The maximum atomic E-state index is 11.6. The van der Waals surface area contributed by atoms with E-state index >= 15 is 0 Å². The molecule has 1 nitrogen and oxygen atoms in total. The molecular weight excluding hydrogens is 159 g/mol. The molecule has 10 heavy (non-hydrogen) atoms. The maximum Gasteiger partial charge on any atom is 0.574 e. The van der Waals surface area contributed by atoms with Gasteiger partial charge in [-0.3, -0.25) is 0 Å². The maximum absolute atomic E-state index is 11.6. The Morgan fingerprint density at radius 1 is 1.20 bits per heavy atom. The van der Waals surface area contributed by atoms with Crippen LogP contribution in [0.4, 0.5) is 22.0 Å². The van der Waals surface area contributed by atoms with Gasteiger partial charge in [-0.25, -0.2) is 4.39 Å². The van der Waals surface area contributed by atoms with Crippen LogP contribution in [0.1, 0.15) is 6.92 Å². The smallest absolute Gasteiger partial charge is 0.376 e. The minimum Gasteiger partial charge on any atom is -0.376 e. The van der Waals surface area contributed by atoms with E-state index in [0.29, 0.717) is 6.92 Å². The molecule has 0 aliphatic carbocycles. The van der Waals surface area contributed by atoms with Crippen LogP contribution in [-0.2, 0) is 4.74 Å². The lowest BCUT2D eigenvalue weighted by Gasteiger charge is -2.04. The lowest BCUT2D eigenvalue weighted by molar-refractivity contribution is -0.314. The highest BCUT2D eigenvalue weighted by molar-refractivity contribution is 4.87. The van der Waals surface area contributed by atoms with Crippen molar-refractivity contribution in [2.24, 2.45) is 0 Å². The molecule has 0 atom stereocenters. The molecule has 0 aromatic rings. The summed E-state index contributed by atoms with van der Waals surface area (Å²) in [7, 11) is 0. The van der Waals surface area contributed by atoms with Gasteiger partial charge in [-0.15, -0.1) is 13.2 Å². The highest BCUT2D eigenvalue weighted by Gasteiger charge is 2.33. The predicted molar refractivity (Wildman–Crippen MR) is 22.1 cm³/mol. The fourth-order valence-electron chi connectivity index (χ4n) is 0.172. The molecular formula is C4H3F5O. The fourth-order valence-corrected chi connectivity index (χ4v) is 0.172. The van der Waals surface area contributed by atoms with Gasteiger partial charge in [-0.1, -0.05) is 0 Å². The number of halogens is 5. The molecule has 60 valence electrons. The second-order valence-electron chi connectivity index (χ2n) is 1.35. The van der Waals surface area contributed by atoms with E-state index in [0.717, 1.165) is 0 Å². The fraction of sp³-hybridized carbons (Fsp3) is 0.500. The molecule has 0 aliphatic heterocycles. The van der Waals surface area contributed by atoms with E-state index in [1.165, 1.54) is 0 Å². The van der Waals surface area contributed by atoms with Gasteiger partial charge in [0.25, 0.3) is 0 Å². The van der Waals surface area contributed by atoms with Crippen LogP contribution in [0, 0.1) is 0 Å². The van der Waals surface area contributed by atoms with Crippen molar-refractivity contribution in [1.29, 1.82) is 0 Å². The van der Waals surface area contributed by atoms with Crippen molar-refractivity contribution in [3.05, 3.63) is 11.8 Å². The van der Waals surface area contributed by atoms with Gasteiger partial charge in [0.2, 0.25) is 0 Å². The van der Waals surface area contributed by atoms with Crippen LogP contribution < -0.4 is 0 Å². The number of ether oxygens (including phenoxy) is 1. The summed E-state index contributed by atoms with van der Waals surface area (Å²) in [5.41, 5.74) is 0. The number of alkyl halides is 3. The molecule has 0 bridgehead atoms. The Morgan fingerprint density at radius 3 is 1.70 bits per heavy atom. The zero-order chi connectivity index (χ0) is 8.36. The summed E-state index contributed by atoms with van der Waals surface area (Å²) in [5, 5.41) is 0. The van der Waals surface area contributed by atoms with Crippen LogP contribution in [0.15, 0.2) is 11.8 Å². The molecule has 0 aromatic carbocycles. The number of rotatable bonds is 1. The summed E-state index contributed by atoms with van der Waals surface area (Å²) in [5.74, 6) is -1.64. The monoisotopic (exact) mass is 162 g/mol. The van der Waals surface area contributed by atoms with Crippen molar-refractivity contribution in [2.45, 2.75) is 13.3 Å². The molecule has 0 amide bonds. The SMILES string of the molecule is C/C(F)=C(\F)OC(F)(F)F. The van der Waals surface area contributed by atoms with Gasteiger partial charge in [0, 0.05) is 0 Å². The first-order valence-corrected chi connectivity index (χ1v) is 2.10. The Balaban J connectivity index is 4.06. The van der Waals surface area contributed by atoms with Gasteiger partial charge in [-0.2, -0.15) is 4.39 Å². The summed E-state index contributed by atoms with van der Waals surface area (Å²) < 4.78 is 58.6. The predicted octanol–water partition coefficient (Wildman–Crippen LogP) is 2.65. The number of hydrogen-bond donors (Lipinski definition) is 0. The highest BCUT2D eigenvalue weighted by atomic mass is 19.4. The largest absolute Gasteiger partial charge is 0.574 e. The average Bonchev–Trinajstić information content (AvgIpc) is 1.60. The normalized spacial score (nSPS) is 14.6. The molecule has 0 saturated heterocycles. The summed E-state index contributed by atoms with van der Waals surface area (Å²) in [6.07, 6.45) is -5.17. The average molecular weight is 162 g/mol. The molecule has 0 fully saturated rings. The molecule has 0 heterocycles. The van der Waals surface area contributed by atoms with Crippen LogP contribution in [0.5, 0.6) is 0 Å². The molecule has 0 unspecified atom stereocenters. The van der Waals surface area contributed by atoms with Gasteiger partial charge in [0.15, 0.2) is 5.83 Å². The molecule has 0 radical (unpaired) electrons. The lowest BCUT2D eigenvalue weighted by Crippen LogP contribution is -2.11. The molecule has 0 saturated carbocycles. The van der Waals surface area contributed by atoms with E-state index in [9.17, 15) is 22.0 Å². The van der Waals surface area contributed by atoms with Crippen LogP contribution in [0.3, 0.4) is 0 Å². The quantitative estimate of drug-likeness (QED) is 0.425. The van der Waals surface area contributed by atoms with Gasteiger partial charge < -0.3 is 4.74 Å². The Bertz CT molecular complexity index is 142. The van der Waals surface area contributed by atoms with E-state index in [4.69, 9.17) is 0 Å². The Hall–Kier alpha value is -0.810. The zero-order valence-corrected chi connectivity index (χ0v) is 4.80. The van der Waals surface area contributed by atoms with Crippen LogP contribution >= 0.6 is 0 Å². The number of hydrogen-bond acceptors (Lipinski definition) is 1. The van der Waals surface area contributed by atoms with Crippen molar-refractivity contribution in [3.63, 3.8) is 0 Å². The van der Waals surface area contributed by atoms with Gasteiger partial charge in [-0.05, 0) is 6.92 Å². The first kappa shape index (κ1) is 9.19. The highest BCUT2D eigenvalue weighted by Crippen LogP contribution is 2.23. The molecule has 0 N–H and O–H groups in total. The first-order valence-electron chi connectivity index (χ1n) is 2.10. The van der Waals surface area contributed by atoms with E-state index in [1.54, 1.807) is 0 Å². The molecule has 0 aliphatic rings. The number of allylic oxidation sites excluding steroid dienone is 1. The lowest BCUT2D eigenvalue weighted by atomic mass is 10.7. The second-order valence-corrected chi connectivity index (χ2v) is 1.35. The summed E-state index contributed by atoms with van der Waals surface area (Å²) >= 11 is 0. The first-order chi connectivity index (χ1) is 4.33. The minimum atomic E-state index is -5.17. The molecule has 0 aromatic heterocycles. The van der Waals surface area contributed by atoms with Gasteiger partial charge in [0.1, 0.15) is 0 Å². The summed E-state index contributed by atoms with van der Waals surface area (Å²) in [6.45, 7) is 0.515. The Kier molecular flexibility index (Phi) is 2.62. The van der Waals surface area contributed by atoms with Crippen LogP contribution in [0.2, 0.25) is 0 Å². The van der Waals surface area contributed by atoms with Crippen molar-refractivity contribution in [2.75, 3.05) is 0 Å². The Labute approximate surface area is 53.1 Å².